The Bertz CT molecular complexity index is 743. The minimum absolute atomic E-state index is 0.0408. The molecule has 9 heteroatoms. The van der Waals surface area contributed by atoms with Crippen molar-refractivity contribution < 1.29 is 19.1 Å². The molecule has 1 aromatic carbocycles. The Morgan fingerprint density at radius 3 is 2.14 bits per heavy atom. The van der Waals surface area contributed by atoms with Crippen LogP contribution in [-0.2, 0) is 6.54 Å². The first-order valence-electron chi connectivity index (χ1n) is 5.74. The van der Waals surface area contributed by atoms with Crippen LogP contribution in [0.3, 0.4) is 0 Å². The van der Waals surface area contributed by atoms with E-state index in [1.54, 1.807) is 12.1 Å². The highest BCUT2D eigenvalue weighted by Crippen LogP contribution is 2.41. The van der Waals surface area contributed by atoms with Crippen molar-refractivity contribution in [1.82, 2.24) is 5.32 Å². The molecule has 0 bridgehead atoms. The summed E-state index contributed by atoms with van der Waals surface area (Å²) in [5.74, 6) is -1.74. The number of carboxylic acid groups (broad SMARTS) is 1. The largest absolute Gasteiger partial charge is 0.478 e. The van der Waals surface area contributed by atoms with Crippen LogP contribution in [0.4, 0.5) is 0 Å². The predicted molar refractivity (Wildman–Crippen MR) is 83.3 cm³/mol. The van der Waals surface area contributed by atoms with Crippen LogP contribution < -0.4 is 5.32 Å². The second kappa shape index (κ2) is 6.79. The van der Waals surface area contributed by atoms with Gasteiger partial charge in [0.15, 0.2) is 0 Å². The number of halogens is 4. The fraction of sp³-hybridized carbons (Fsp3) is 0.0769. The molecule has 1 amide bonds. The molecule has 1 heterocycles. The molecule has 2 N–H and O–H groups in total. The molecule has 2 rings (SSSR count). The van der Waals surface area contributed by atoms with Crippen LogP contribution in [0.15, 0.2) is 22.8 Å². The van der Waals surface area contributed by atoms with Crippen molar-refractivity contribution in [2.45, 2.75) is 6.54 Å². The highest BCUT2D eigenvalue weighted by atomic mass is 35.5. The van der Waals surface area contributed by atoms with Gasteiger partial charge in [0, 0.05) is 0 Å². The van der Waals surface area contributed by atoms with E-state index in [0.717, 1.165) is 0 Å². The number of nitrogens with one attached hydrogen (secondary N) is 1. The van der Waals surface area contributed by atoms with E-state index in [9.17, 15) is 14.7 Å². The summed E-state index contributed by atoms with van der Waals surface area (Å²) in [5.41, 5.74) is -0.877. The third kappa shape index (κ3) is 3.17. The van der Waals surface area contributed by atoms with E-state index in [1.807, 2.05) is 0 Å². The van der Waals surface area contributed by atoms with Gasteiger partial charge in [-0.2, -0.15) is 0 Å². The van der Waals surface area contributed by atoms with Gasteiger partial charge in [0.2, 0.25) is 0 Å². The lowest BCUT2D eigenvalue weighted by atomic mass is 10.1. The summed E-state index contributed by atoms with van der Waals surface area (Å²) in [6.45, 7) is 0.0408. The van der Waals surface area contributed by atoms with Crippen molar-refractivity contribution in [2.75, 3.05) is 0 Å². The van der Waals surface area contributed by atoms with Gasteiger partial charge in [-0.25, -0.2) is 4.79 Å². The first-order valence-corrected chi connectivity index (χ1v) is 7.25. The average molecular weight is 383 g/mol. The Morgan fingerprint density at radius 1 is 1.05 bits per heavy atom. The van der Waals surface area contributed by atoms with Gasteiger partial charge in [0.05, 0.1) is 44.0 Å². The normalized spacial score (nSPS) is 10.5. The van der Waals surface area contributed by atoms with Gasteiger partial charge in [-0.3, -0.25) is 4.79 Å². The molecule has 0 saturated heterocycles. The van der Waals surface area contributed by atoms with E-state index in [4.69, 9.17) is 50.8 Å². The van der Waals surface area contributed by atoms with Crippen molar-refractivity contribution in [3.8, 4) is 0 Å². The zero-order chi connectivity index (χ0) is 16.4. The molecule has 22 heavy (non-hydrogen) atoms. The lowest BCUT2D eigenvalue weighted by molar-refractivity contribution is 0.0691. The molecule has 0 fully saturated rings. The van der Waals surface area contributed by atoms with E-state index < -0.39 is 17.4 Å². The minimum Gasteiger partial charge on any atom is -0.478 e. The Hall–Kier alpha value is -1.40. The fourth-order valence-electron chi connectivity index (χ4n) is 1.71. The Labute approximate surface area is 144 Å². The third-order valence-electron chi connectivity index (χ3n) is 2.71. The summed E-state index contributed by atoms with van der Waals surface area (Å²) >= 11 is 23.5. The van der Waals surface area contributed by atoms with Crippen molar-refractivity contribution in [1.29, 1.82) is 0 Å². The van der Waals surface area contributed by atoms with Crippen molar-refractivity contribution in [3.05, 3.63) is 55.4 Å². The maximum absolute atomic E-state index is 12.2. The van der Waals surface area contributed by atoms with E-state index in [1.165, 1.54) is 6.26 Å². The van der Waals surface area contributed by atoms with Gasteiger partial charge in [-0.05, 0) is 12.1 Å². The average Bonchev–Trinajstić information content (AvgIpc) is 2.99. The Kier molecular flexibility index (Phi) is 5.24. The number of hydrogen-bond acceptors (Lipinski definition) is 3. The second-order valence-corrected chi connectivity index (χ2v) is 5.58. The number of aromatic carboxylic acids is 1. The van der Waals surface area contributed by atoms with Crippen LogP contribution in [-0.4, -0.2) is 17.0 Å². The highest BCUT2D eigenvalue weighted by Gasteiger charge is 2.28. The third-order valence-corrected chi connectivity index (χ3v) is 4.51. The first-order chi connectivity index (χ1) is 10.3. The monoisotopic (exact) mass is 381 g/mol. The van der Waals surface area contributed by atoms with E-state index in [0.29, 0.717) is 5.76 Å². The lowest BCUT2D eigenvalue weighted by Gasteiger charge is -2.13. The van der Waals surface area contributed by atoms with Crippen LogP contribution >= 0.6 is 46.4 Å². The van der Waals surface area contributed by atoms with Crippen molar-refractivity contribution >= 4 is 58.3 Å². The molecule has 0 saturated carbocycles. The van der Waals surface area contributed by atoms with Gasteiger partial charge in [0.1, 0.15) is 5.76 Å². The zero-order valence-electron chi connectivity index (χ0n) is 10.6. The number of furan rings is 1. The summed E-state index contributed by atoms with van der Waals surface area (Å²) in [4.78, 5) is 23.6. The number of benzene rings is 1. The number of rotatable bonds is 4. The number of carbonyl (C=O) groups is 2. The molecule has 116 valence electrons. The maximum atomic E-state index is 12.2. The number of carboxylic acids is 1. The SMILES string of the molecule is O=C(O)c1c(Cl)c(Cl)c(Cl)c(Cl)c1C(=O)NCc1ccco1. The summed E-state index contributed by atoms with van der Waals surface area (Å²) in [7, 11) is 0. The standard InChI is InChI=1S/C13H7Cl4NO4/c14-8-6(12(19)18-4-5-2-1-3-22-5)7(13(20)21)9(15)11(17)10(8)16/h1-3H,4H2,(H,18,19)(H,20,21). The maximum Gasteiger partial charge on any atom is 0.338 e. The van der Waals surface area contributed by atoms with Gasteiger partial charge < -0.3 is 14.8 Å². The van der Waals surface area contributed by atoms with Crippen LogP contribution in [0, 0.1) is 0 Å². The molecular weight excluding hydrogens is 376 g/mol. The van der Waals surface area contributed by atoms with E-state index in [2.05, 4.69) is 5.32 Å². The van der Waals surface area contributed by atoms with Crippen LogP contribution in [0.25, 0.3) is 0 Å². The molecule has 0 radical (unpaired) electrons. The summed E-state index contributed by atoms with van der Waals surface area (Å²) in [6, 6.07) is 3.29. The predicted octanol–water partition coefficient (Wildman–Crippen LogP) is 4.52. The second-order valence-electron chi connectivity index (χ2n) is 4.07. The van der Waals surface area contributed by atoms with Gasteiger partial charge >= 0.3 is 5.97 Å². The summed E-state index contributed by atoms with van der Waals surface area (Å²) in [6.07, 6.45) is 1.44. The van der Waals surface area contributed by atoms with Gasteiger partial charge in [0.25, 0.3) is 5.91 Å². The molecular formula is C13H7Cl4NO4. The molecule has 0 unspecified atom stereocenters. The van der Waals surface area contributed by atoms with Crippen molar-refractivity contribution in [2.24, 2.45) is 0 Å². The van der Waals surface area contributed by atoms with Crippen LogP contribution in [0.5, 0.6) is 0 Å². The van der Waals surface area contributed by atoms with Crippen molar-refractivity contribution in [3.63, 3.8) is 0 Å². The van der Waals surface area contributed by atoms with E-state index in [-0.39, 0.29) is 32.2 Å². The van der Waals surface area contributed by atoms with E-state index >= 15 is 0 Å². The summed E-state index contributed by atoms with van der Waals surface area (Å²) < 4.78 is 5.06. The fourth-order valence-corrected chi connectivity index (χ4v) is 2.73. The molecule has 0 spiro atoms. The minimum atomic E-state index is -1.45. The number of carbonyl (C=O) groups excluding carboxylic acids is 1. The Morgan fingerprint density at radius 2 is 1.64 bits per heavy atom. The molecule has 5 nitrogen and oxygen atoms in total. The number of hydrogen-bond donors (Lipinski definition) is 2. The first kappa shape index (κ1) is 17.0. The topological polar surface area (TPSA) is 79.5 Å². The molecule has 0 aliphatic rings. The molecule has 0 aliphatic heterocycles. The molecule has 2 aromatic rings. The van der Waals surface area contributed by atoms with Gasteiger partial charge in [-0.1, -0.05) is 46.4 Å². The lowest BCUT2D eigenvalue weighted by Crippen LogP contribution is -2.25. The summed E-state index contributed by atoms with van der Waals surface area (Å²) in [5, 5.41) is 10.7. The van der Waals surface area contributed by atoms with Crippen LogP contribution in [0.1, 0.15) is 26.5 Å². The molecule has 0 aliphatic carbocycles. The smallest absolute Gasteiger partial charge is 0.338 e. The number of amides is 1. The highest BCUT2D eigenvalue weighted by molar-refractivity contribution is 6.54. The van der Waals surface area contributed by atoms with Crippen LogP contribution in [0.2, 0.25) is 20.1 Å². The van der Waals surface area contributed by atoms with Gasteiger partial charge in [-0.15, -0.1) is 0 Å². The molecule has 1 aromatic heterocycles. The zero-order valence-corrected chi connectivity index (χ0v) is 13.6. The Balaban J connectivity index is 2.44. The quantitative estimate of drug-likeness (QED) is 0.601. The molecule has 0 atom stereocenters.